The largest absolute Gasteiger partial charge is 0.335 e. The summed E-state index contributed by atoms with van der Waals surface area (Å²) < 4.78 is 0. The normalized spacial score (nSPS) is 16.0. The lowest BCUT2D eigenvalue weighted by Gasteiger charge is -2.34. The highest BCUT2D eigenvalue weighted by Crippen LogP contribution is 2.20. The van der Waals surface area contributed by atoms with Crippen LogP contribution in [0.3, 0.4) is 0 Å². The van der Waals surface area contributed by atoms with Crippen molar-refractivity contribution in [2.45, 2.75) is 32.9 Å². The van der Waals surface area contributed by atoms with Crippen molar-refractivity contribution in [1.82, 2.24) is 14.8 Å². The van der Waals surface area contributed by atoms with Crippen LogP contribution in [0.2, 0.25) is 0 Å². The average molecular weight is 349 g/mol. The fourth-order valence-electron chi connectivity index (χ4n) is 3.42. The highest BCUT2D eigenvalue weighted by molar-refractivity contribution is 5.95. The summed E-state index contributed by atoms with van der Waals surface area (Å²) in [5.74, 6) is 0.0818. The van der Waals surface area contributed by atoms with E-state index in [9.17, 15) is 4.79 Å². The first-order valence-electron chi connectivity index (χ1n) is 9.20. The number of benzene rings is 1. The molecular formula is C22H27N3O. The predicted molar refractivity (Wildman–Crippen MR) is 105 cm³/mol. The van der Waals surface area contributed by atoms with Crippen molar-refractivity contribution in [2.75, 3.05) is 20.1 Å². The van der Waals surface area contributed by atoms with E-state index in [-0.39, 0.29) is 11.9 Å². The van der Waals surface area contributed by atoms with E-state index in [0.717, 1.165) is 42.9 Å². The van der Waals surface area contributed by atoms with Gasteiger partial charge in [0.15, 0.2) is 0 Å². The number of amides is 1. The fourth-order valence-corrected chi connectivity index (χ4v) is 3.42. The third-order valence-electron chi connectivity index (χ3n) is 5.18. The molecule has 0 bridgehead atoms. The number of hydrogen-bond acceptors (Lipinski definition) is 3. The molecule has 3 rings (SSSR count). The van der Waals surface area contributed by atoms with Gasteiger partial charge in [0.25, 0.3) is 5.91 Å². The summed E-state index contributed by atoms with van der Waals surface area (Å²) in [5, 5.41) is 0. The number of nitrogens with zero attached hydrogens (tertiary/aromatic N) is 3. The minimum absolute atomic E-state index is 0.0774. The van der Waals surface area contributed by atoms with Gasteiger partial charge in [0.2, 0.25) is 0 Å². The van der Waals surface area contributed by atoms with Gasteiger partial charge >= 0.3 is 0 Å². The topological polar surface area (TPSA) is 36.4 Å². The summed E-state index contributed by atoms with van der Waals surface area (Å²) in [5.41, 5.74) is 4.19. The van der Waals surface area contributed by atoms with Crippen molar-refractivity contribution >= 4 is 5.91 Å². The van der Waals surface area contributed by atoms with Crippen molar-refractivity contribution in [3.05, 3.63) is 77.1 Å². The average Bonchev–Trinajstić information content (AvgIpc) is 2.68. The number of pyridine rings is 1. The Kier molecular flexibility index (Phi) is 5.84. The molecule has 4 nitrogen and oxygen atoms in total. The molecule has 2 aromatic rings. The van der Waals surface area contributed by atoms with Crippen LogP contribution in [-0.4, -0.2) is 46.9 Å². The van der Waals surface area contributed by atoms with Crippen molar-refractivity contribution in [3.8, 4) is 0 Å². The van der Waals surface area contributed by atoms with Crippen LogP contribution in [-0.2, 0) is 6.54 Å². The highest BCUT2D eigenvalue weighted by atomic mass is 16.2. The Morgan fingerprint density at radius 3 is 2.73 bits per heavy atom. The van der Waals surface area contributed by atoms with Gasteiger partial charge in [0.1, 0.15) is 0 Å². The molecule has 1 aromatic heterocycles. The van der Waals surface area contributed by atoms with Crippen LogP contribution in [0.5, 0.6) is 0 Å². The minimum Gasteiger partial charge on any atom is -0.335 e. The molecule has 2 heterocycles. The van der Waals surface area contributed by atoms with Crippen molar-refractivity contribution in [3.63, 3.8) is 0 Å². The van der Waals surface area contributed by atoms with E-state index >= 15 is 0 Å². The summed E-state index contributed by atoms with van der Waals surface area (Å²) in [4.78, 5) is 21.6. The molecule has 1 atom stereocenters. The maximum atomic E-state index is 12.9. The molecule has 1 amide bonds. The molecule has 0 aliphatic carbocycles. The van der Waals surface area contributed by atoms with Crippen molar-refractivity contribution in [1.29, 1.82) is 0 Å². The second-order valence-corrected chi connectivity index (χ2v) is 7.01. The zero-order valence-electron chi connectivity index (χ0n) is 15.9. The lowest BCUT2D eigenvalue weighted by atomic mass is 10.0. The van der Waals surface area contributed by atoms with Crippen LogP contribution in [0, 0.1) is 6.92 Å². The molecule has 26 heavy (non-hydrogen) atoms. The molecule has 0 spiro atoms. The van der Waals surface area contributed by atoms with Gasteiger partial charge in [-0.3, -0.25) is 14.7 Å². The Morgan fingerprint density at radius 2 is 2.00 bits per heavy atom. The van der Waals surface area contributed by atoms with Crippen molar-refractivity contribution in [2.24, 2.45) is 0 Å². The van der Waals surface area contributed by atoms with E-state index in [4.69, 9.17) is 0 Å². The summed E-state index contributed by atoms with van der Waals surface area (Å²) in [6.07, 6.45) is 5.15. The molecule has 136 valence electrons. The first-order chi connectivity index (χ1) is 12.6. The maximum Gasteiger partial charge on any atom is 0.254 e. The van der Waals surface area contributed by atoms with E-state index in [1.807, 2.05) is 61.5 Å². The number of hydrogen-bond donors (Lipinski definition) is 0. The quantitative estimate of drug-likeness (QED) is 0.773. The van der Waals surface area contributed by atoms with Gasteiger partial charge in [-0.15, -0.1) is 0 Å². The highest BCUT2D eigenvalue weighted by Gasteiger charge is 2.24. The Bertz CT molecular complexity index is 785. The Labute approximate surface area is 156 Å². The van der Waals surface area contributed by atoms with Gasteiger partial charge in [-0.2, -0.15) is 0 Å². The van der Waals surface area contributed by atoms with Crippen LogP contribution < -0.4 is 0 Å². The van der Waals surface area contributed by atoms with E-state index < -0.39 is 0 Å². The van der Waals surface area contributed by atoms with E-state index in [1.165, 1.54) is 5.57 Å². The molecule has 0 saturated heterocycles. The number of likely N-dealkylation sites (N-methyl/N-ethyl adjacent to an activating group) is 1. The Morgan fingerprint density at radius 1 is 1.23 bits per heavy atom. The molecule has 0 saturated carbocycles. The minimum atomic E-state index is 0.0774. The second-order valence-electron chi connectivity index (χ2n) is 7.01. The van der Waals surface area contributed by atoms with Crippen molar-refractivity contribution < 1.29 is 4.79 Å². The molecule has 0 unspecified atom stereocenters. The summed E-state index contributed by atoms with van der Waals surface area (Å²) >= 11 is 0. The third kappa shape index (κ3) is 4.20. The van der Waals surface area contributed by atoms with E-state index in [0.29, 0.717) is 0 Å². The van der Waals surface area contributed by atoms with Gasteiger partial charge < -0.3 is 4.90 Å². The molecule has 1 aliphatic heterocycles. The van der Waals surface area contributed by atoms with Gasteiger partial charge in [0.05, 0.1) is 11.7 Å². The molecule has 1 aromatic carbocycles. The van der Waals surface area contributed by atoms with Gasteiger partial charge in [-0.25, -0.2) is 0 Å². The van der Waals surface area contributed by atoms with Gasteiger partial charge in [-0.1, -0.05) is 30.3 Å². The zero-order chi connectivity index (χ0) is 18.5. The SMILES string of the molecule is Cc1ccccc1C(=O)N(C)[C@@H](C)C1=CCCN(Cc2ccccn2)C1. The van der Waals surface area contributed by atoms with Crippen LogP contribution in [0.4, 0.5) is 0 Å². The Balaban J connectivity index is 1.67. The number of carbonyl (C=O) groups excluding carboxylic acids is 1. The maximum absolute atomic E-state index is 12.9. The molecule has 0 fully saturated rings. The van der Waals surface area contributed by atoms with Crippen LogP contribution in [0.1, 0.15) is 35.0 Å². The van der Waals surface area contributed by atoms with Crippen LogP contribution in [0.25, 0.3) is 0 Å². The number of aryl methyl sites for hydroxylation is 1. The smallest absolute Gasteiger partial charge is 0.254 e. The molecule has 0 N–H and O–H groups in total. The molecular weight excluding hydrogens is 322 g/mol. The summed E-state index contributed by atoms with van der Waals surface area (Å²) in [6, 6.07) is 13.9. The Hall–Kier alpha value is -2.46. The zero-order valence-corrected chi connectivity index (χ0v) is 15.9. The molecule has 1 aliphatic rings. The standard InChI is InChI=1S/C22H27N3O/c1-17-9-4-5-12-21(17)22(26)24(3)18(2)19-10-8-14-25(15-19)16-20-11-6-7-13-23-20/h4-7,9-13,18H,8,14-16H2,1-3H3/t18-/m0/s1. The number of rotatable bonds is 5. The van der Waals surface area contributed by atoms with Crippen LogP contribution in [0.15, 0.2) is 60.3 Å². The first kappa shape index (κ1) is 18.3. The number of aromatic nitrogens is 1. The second kappa shape index (κ2) is 8.28. The van der Waals surface area contributed by atoms with Crippen LogP contribution >= 0.6 is 0 Å². The first-order valence-corrected chi connectivity index (χ1v) is 9.20. The van der Waals surface area contributed by atoms with Gasteiger partial charge in [-0.05, 0) is 49.6 Å². The monoisotopic (exact) mass is 349 g/mol. The summed E-state index contributed by atoms with van der Waals surface area (Å²) in [6.45, 7) is 6.86. The lowest BCUT2D eigenvalue weighted by molar-refractivity contribution is 0.0756. The van der Waals surface area contributed by atoms with E-state index in [1.54, 1.807) is 0 Å². The molecule has 4 heteroatoms. The van der Waals surface area contributed by atoms with Gasteiger partial charge in [0, 0.05) is 38.4 Å². The molecule has 0 radical (unpaired) electrons. The lowest BCUT2D eigenvalue weighted by Crippen LogP contribution is -2.41. The summed E-state index contributed by atoms with van der Waals surface area (Å²) in [7, 11) is 1.90. The third-order valence-corrected chi connectivity index (χ3v) is 5.18. The predicted octanol–water partition coefficient (Wildman–Crippen LogP) is 3.68. The fraction of sp³-hybridized carbons (Fsp3) is 0.364. The van der Waals surface area contributed by atoms with E-state index in [2.05, 4.69) is 29.0 Å². The number of carbonyl (C=O) groups is 1.